The number of aromatic nitrogens is 3. The average molecular weight is 371 g/mol. The van der Waals surface area contributed by atoms with Gasteiger partial charge in [-0.2, -0.15) is 0 Å². The molecular formula is C18H21N5O2S. The highest BCUT2D eigenvalue weighted by Gasteiger charge is 2.23. The third kappa shape index (κ3) is 3.24. The van der Waals surface area contributed by atoms with Gasteiger partial charge in [-0.15, -0.1) is 11.3 Å². The van der Waals surface area contributed by atoms with Gasteiger partial charge in [-0.1, -0.05) is 12.1 Å². The van der Waals surface area contributed by atoms with Crippen molar-refractivity contribution in [3.8, 4) is 0 Å². The molecule has 1 saturated heterocycles. The molecule has 0 atom stereocenters. The number of carboxylic acid groups (broad SMARTS) is 1. The Labute approximate surface area is 155 Å². The molecule has 2 aromatic heterocycles. The van der Waals surface area contributed by atoms with Gasteiger partial charge in [-0.05, 0) is 25.5 Å². The Morgan fingerprint density at radius 2 is 2.04 bits per heavy atom. The number of imidazole rings is 1. The van der Waals surface area contributed by atoms with Crippen LogP contribution in [0.5, 0.6) is 0 Å². The molecular weight excluding hydrogens is 350 g/mol. The van der Waals surface area contributed by atoms with Gasteiger partial charge in [0, 0.05) is 31.6 Å². The molecule has 1 aliphatic heterocycles. The number of hydrogen-bond donors (Lipinski definition) is 1. The van der Waals surface area contributed by atoms with Crippen LogP contribution in [0.4, 0.5) is 10.7 Å². The molecule has 0 unspecified atom stereocenters. The smallest absolute Gasteiger partial charge is 0.407 e. The maximum Gasteiger partial charge on any atom is 0.407 e. The lowest BCUT2D eigenvalue weighted by Crippen LogP contribution is -2.35. The Morgan fingerprint density at radius 1 is 1.19 bits per heavy atom. The number of carbonyl (C=O) groups is 1. The molecule has 1 amide bonds. The number of thiazole rings is 1. The number of benzene rings is 1. The van der Waals surface area contributed by atoms with E-state index < -0.39 is 6.09 Å². The Kier molecular flexibility index (Phi) is 4.50. The summed E-state index contributed by atoms with van der Waals surface area (Å²) in [5.74, 6) is 0.893. The zero-order valence-corrected chi connectivity index (χ0v) is 15.4. The van der Waals surface area contributed by atoms with Crippen molar-refractivity contribution in [3.63, 3.8) is 0 Å². The highest BCUT2D eigenvalue weighted by Crippen LogP contribution is 2.25. The van der Waals surface area contributed by atoms with E-state index in [0.717, 1.165) is 40.6 Å². The third-order valence-electron chi connectivity index (χ3n) is 4.67. The van der Waals surface area contributed by atoms with E-state index in [0.29, 0.717) is 26.2 Å². The van der Waals surface area contributed by atoms with E-state index in [9.17, 15) is 9.90 Å². The van der Waals surface area contributed by atoms with Crippen LogP contribution in [0.2, 0.25) is 0 Å². The van der Waals surface area contributed by atoms with E-state index in [-0.39, 0.29) is 0 Å². The fourth-order valence-electron chi connectivity index (χ4n) is 3.41. The first-order valence-corrected chi connectivity index (χ1v) is 9.59. The van der Waals surface area contributed by atoms with Gasteiger partial charge < -0.3 is 19.5 Å². The lowest BCUT2D eigenvalue weighted by Gasteiger charge is -2.23. The molecule has 8 heteroatoms. The van der Waals surface area contributed by atoms with E-state index in [1.165, 1.54) is 4.90 Å². The molecule has 0 bridgehead atoms. The molecule has 1 fully saturated rings. The first-order chi connectivity index (χ1) is 12.6. The van der Waals surface area contributed by atoms with Crippen LogP contribution in [0.3, 0.4) is 0 Å². The molecule has 1 N–H and O–H groups in total. The number of anilines is 1. The Morgan fingerprint density at radius 3 is 2.81 bits per heavy atom. The van der Waals surface area contributed by atoms with Crippen LogP contribution in [0, 0.1) is 6.92 Å². The zero-order valence-electron chi connectivity index (χ0n) is 14.6. The summed E-state index contributed by atoms with van der Waals surface area (Å²) >= 11 is 1.65. The highest BCUT2D eigenvalue weighted by atomic mass is 32.1. The summed E-state index contributed by atoms with van der Waals surface area (Å²) in [6.45, 7) is 5.18. The minimum atomic E-state index is -0.849. The van der Waals surface area contributed by atoms with Gasteiger partial charge >= 0.3 is 6.09 Å². The van der Waals surface area contributed by atoms with Gasteiger partial charge in [0.2, 0.25) is 5.95 Å². The lowest BCUT2D eigenvalue weighted by molar-refractivity contribution is 0.148. The van der Waals surface area contributed by atoms with Crippen molar-refractivity contribution in [2.24, 2.45) is 0 Å². The third-order valence-corrected chi connectivity index (χ3v) is 5.49. The van der Waals surface area contributed by atoms with Crippen molar-refractivity contribution in [1.29, 1.82) is 0 Å². The number of hydrogen-bond acceptors (Lipinski definition) is 5. The molecule has 0 radical (unpaired) electrons. The van der Waals surface area contributed by atoms with E-state index >= 15 is 0 Å². The quantitative estimate of drug-likeness (QED) is 0.766. The summed E-state index contributed by atoms with van der Waals surface area (Å²) in [6, 6.07) is 8.10. The highest BCUT2D eigenvalue weighted by molar-refractivity contribution is 7.09. The molecule has 3 heterocycles. The molecule has 7 nitrogen and oxygen atoms in total. The van der Waals surface area contributed by atoms with Crippen molar-refractivity contribution in [3.05, 3.63) is 40.3 Å². The summed E-state index contributed by atoms with van der Waals surface area (Å²) in [5, 5.41) is 12.4. The molecule has 26 heavy (non-hydrogen) atoms. The van der Waals surface area contributed by atoms with Crippen LogP contribution in [-0.4, -0.2) is 56.8 Å². The Bertz CT molecular complexity index is 935. The zero-order chi connectivity index (χ0) is 18.1. The van der Waals surface area contributed by atoms with Crippen LogP contribution < -0.4 is 4.90 Å². The molecule has 0 spiro atoms. The molecule has 0 aliphatic carbocycles. The van der Waals surface area contributed by atoms with E-state index in [1.807, 2.05) is 25.1 Å². The summed E-state index contributed by atoms with van der Waals surface area (Å²) < 4.78 is 2.19. The maximum atomic E-state index is 11.3. The van der Waals surface area contributed by atoms with Crippen molar-refractivity contribution in [2.75, 3.05) is 31.1 Å². The topological polar surface area (TPSA) is 74.5 Å². The first kappa shape index (κ1) is 16.8. The van der Waals surface area contributed by atoms with Crippen LogP contribution >= 0.6 is 11.3 Å². The largest absolute Gasteiger partial charge is 0.465 e. The fourth-order valence-corrected chi connectivity index (χ4v) is 4.02. The van der Waals surface area contributed by atoms with E-state index in [1.54, 1.807) is 11.3 Å². The standard InChI is InChI=1S/C18H21N5O2S/c1-13-19-14(12-26-13)11-23-16-6-3-2-5-15(16)20-17(23)21-7-4-8-22(10-9-21)18(24)25/h2-3,5-6,12H,4,7-11H2,1H3,(H,24,25). The predicted octanol–water partition coefficient (Wildman–Crippen LogP) is 3.04. The van der Waals surface area contributed by atoms with Gasteiger partial charge in [-0.3, -0.25) is 0 Å². The summed E-state index contributed by atoms with van der Waals surface area (Å²) in [6.07, 6.45) is -0.0519. The number of rotatable bonds is 3. The normalized spacial score (nSPS) is 15.4. The summed E-state index contributed by atoms with van der Waals surface area (Å²) in [7, 11) is 0. The van der Waals surface area contributed by atoms with E-state index in [4.69, 9.17) is 4.98 Å². The second kappa shape index (κ2) is 6.95. The van der Waals surface area contributed by atoms with Gasteiger partial charge in [0.25, 0.3) is 0 Å². The second-order valence-electron chi connectivity index (χ2n) is 6.45. The predicted molar refractivity (Wildman–Crippen MR) is 102 cm³/mol. The minimum absolute atomic E-state index is 0.494. The molecule has 0 saturated carbocycles. The maximum absolute atomic E-state index is 11.3. The van der Waals surface area contributed by atoms with Crippen molar-refractivity contribution in [1.82, 2.24) is 19.4 Å². The van der Waals surface area contributed by atoms with Gasteiger partial charge in [0.15, 0.2) is 0 Å². The number of aryl methyl sites for hydroxylation is 1. The second-order valence-corrected chi connectivity index (χ2v) is 7.52. The van der Waals surface area contributed by atoms with Crippen molar-refractivity contribution < 1.29 is 9.90 Å². The number of fused-ring (bicyclic) bond motifs is 1. The molecule has 1 aromatic carbocycles. The SMILES string of the molecule is Cc1nc(Cn2c(N3CCCN(C(=O)O)CC3)nc3ccccc32)cs1. The Balaban J connectivity index is 1.69. The Hall–Kier alpha value is -2.61. The van der Waals surface area contributed by atoms with E-state index in [2.05, 4.69) is 25.9 Å². The lowest BCUT2D eigenvalue weighted by atomic mass is 10.3. The average Bonchev–Trinajstić information content (AvgIpc) is 3.09. The first-order valence-electron chi connectivity index (χ1n) is 8.71. The molecule has 136 valence electrons. The van der Waals surface area contributed by atoms with Gasteiger partial charge in [0.1, 0.15) is 0 Å². The van der Waals surface area contributed by atoms with Crippen LogP contribution in [0.25, 0.3) is 11.0 Å². The van der Waals surface area contributed by atoms with Gasteiger partial charge in [-0.25, -0.2) is 14.8 Å². The van der Waals surface area contributed by atoms with Crippen LogP contribution in [0.15, 0.2) is 29.6 Å². The minimum Gasteiger partial charge on any atom is -0.465 e. The van der Waals surface area contributed by atoms with Crippen LogP contribution in [0.1, 0.15) is 17.1 Å². The summed E-state index contributed by atoms with van der Waals surface area (Å²) in [4.78, 5) is 24.4. The number of nitrogens with zero attached hydrogens (tertiary/aromatic N) is 5. The molecule has 4 rings (SSSR count). The van der Waals surface area contributed by atoms with Crippen molar-refractivity contribution in [2.45, 2.75) is 19.9 Å². The molecule has 3 aromatic rings. The monoisotopic (exact) mass is 371 g/mol. The number of amides is 1. The molecule has 1 aliphatic rings. The summed E-state index contributed by atoms with van der Waals surface area (Å²) in [5.41, 5.74) is 3.06. The van der Waals surface area contributed by atoms with Gasteiger partial charge in [0.05, 0.1) is 28.3 Å². The van der Waals surface area contributed by atoms with Crippen molar-refractivity contribution >= 4 is 34.4 Å². The number of para-hydroxylation sites is 2. The fraction of sp³-hybridized carbons (Fsp3) is 0.389. The van der Waals surface area contributed by atoms with Crippen LogP contribution in [-0.2, 0) is 6.54 Å².